The van der Waals surface area contributed by atoms with Crippen LogP contribution in [0.3, 0.4) is 0 Å². The number of nitrogens with one attached hydrogen (secondary N) is 1. The van der Waals surface area contributed by atoms with E-state index in [4.69, 9.17) is 14.7 Å². The highest BCUT2D eigenvalue weighted by molar-refractivity contribution is 5.99. The minimum absolute atomic E-state index is 0.0401. The van der Waals surface area contributed by atoms with Crippen LogP contribution < -0.4 is 14.8 Å². The Morgan fingerprint density at radius 1 is 1.05 bits per heavy atom. The van der Waals surface area contributed by atoms with Gasteiger partial charge in [-0.05, 0) is 65.4 Å². The molecule has 0 aliphatic carbocycles. The number of unbranched alkanes of at least 4 members (excludes halogenated alkanes) is 1. The van der Waals surface area contributed by atoms with Gasteiger partial charge in [0.2, 0.25) is 5.91 Å². The van der Waals surface area contributed by atoms with Crippen molar-refractivity contribution in [1.29, 1.82) is 5.26 Å². The van der Waals surface area contributed by atoms with Gasteiger partial charge in [-0.15, -0.1) is 0 Å². The van der Waals surface area contributed by atoms with Gasteiger partial charge in [0.05, 0.1) is 19.1 Å². The van der Waals surface area contributed by atoms with Crippen molar-refractivity contribution in [2.24, 2.45) is 0 Å². The zero-order valence-corrected chi connectivity index (χ0v) is 21.0. The van der Waals surface area contributed by atoms with Crippen LogP contribution in [-0.4, -0.2) is 13.0 Å². The van der Waals surface area contributed by atoms with Crippen LogP contribution in [0.1, 0.15) is 42.4 Å². The van der Waals surface area contributed by atoms with Gasteiger partial charge in [-0.1, -0.05) is 60.7 Å². The van der Waals surface area contributed by atoms with Gasteiger partial charge in [0, 0.05) is 12.1 Å². The maximum atomic E-state index is 14.3. The molecule has 1 N–H and O–H groups in total. The van der Waals surface area contributed by atoms with Gasteiger partial charge in [0.15, 0.2) is 17.3 Å². The second kappa shape index (κ2) is 12.0. The number of methoxy groups -OCH3 is 1. The van der Waals surface area contributed by atoms with Crippen molar-refractivity contribution in [2.75, 3.05) is 12.4 Å². The predicted molar refractivity (Wildman–Crippen MR) is 143 cm³/mol. The number of carbonyl (C=O) groups is 1. The molecular formula is C31H29FN2O3. The monoisotopic (exact) mass is 496 g/mol. The largest absolute Gasteiger partial charge is 0.493 e. The molecule has 0 aromatic heterocycles. The highest BCUT2D eigenvalue weighted by Crippen LogP contribution is 2.32. The van der Waals surface area contributed by atoms with Gasteiger partial charge < -0.3 is 14.8 Å². The van der Waals surface area contributed by atoms with Crippen LogP contribution in [0.2, 0.25) is 0 Å². The van der Waals surface area contributed by atoms with E-state index in [1.165, 1.54) is 13.2 Å². The van der Waals surface area contributed by atoms with Crippen molar-refractivity contribution in [3.8, 4) is 17.6 Å². The minimum atomic E-state index is -0.509. The van der Waals surface area contributed by atoms with Gasteiger partial charge >= 0.3 is 0 Å². The van der Waals surface area contributed by atoms with Crippen LogP contribution in [-0.2, 0) is 17.8 Å². The predicted octanol–water partition coefficient (Wildman–Crippen LogP) is 7.15. The van der Waals surface area contributed by atoms with Crippen molar-refractivity contribution >= 4 is 22.4 Å². The second-order valence-electron chi connectivity index (χ2n) is 8.84. The Kier molecular flexibility index (Phi) is 8.37. The van der Waals surface area contributed by atoms with E-state index in [1.807, 2.05) is 67.6 Å². The Labute approximate surface area is 216 Å². The topological polar surface area (TPSA) is 71.3 Å². The van der Waals surface area contributed by atoms with Crippen LogP contribution in [0.15, 0.2) is 78.9 Å². The van der Waals surface area contributed by atoms with E-state index in [0.29, 0.717) is 30.7 Å². The Morgan fingerprint density at radius 2 is 1.84 bits per heavy atom. The molecule has 4 rings (SSSR count). The third kappa shape index (κ3) is 6.07. The van der Waals surface area contributed by atoms with Crippen LogP contribution in [0, 0.1) is 17.1 Å². The second-order valence-corrected chi connectivity index (χ2v) is 8.84. The average Bonchev–Trinajstić information content (AvgIpc) is 2.92. The van der Waals surface area contributed by atoms with Gasteiger partial charge in [-0.25, -0.2) is 4.39 Å². The number of aryl methyl sites for hydroxylation is 1. The van der Waals surface area contributed by atoms with Gasteiger partial charge in [-0.2, -0.15) is 5.26 Å². The molecule has 0 aliphatic heterocycles. The van der Waals surface area contributed by atoms with E-state index in [9.17, 15) is 9.18 Å². The van der Waals surface area contributed by atoms with Crippen LogP contribution in [0.25, 0.3) is 10.8 Å². The fraction of sp³-hybridized carbons (Fsp3) is 0.226. The van der Waals surface area contributed by atoms with Crippen molar-refractivity contribution in [1.82, 2.24) is 0 Å². The van der Waals surface area contributed by atoms with E-state index in [1.54, 1.807) is 12.1 Å². The molecule has 1 atom stereocenters. The number of carbonyl (C=O) groups excluding carboxylic acids is 1. The maximum absolute atomic E-state index is 14.3. The smallest absolute Gasteiger partial charge is 0.231 e. The summed E-state index contributed by atoms with van der Waals surface area (Å²) in [5.41, 5.74) is 3.31. The molecule has 6 heteroatoms. The zero-order chi connectivity index (χ0) is 26.2. The van der Waals surface area contributed by atoms with Crippen molar-refractivity contribution in [2.45, 2.75) is 38.7 Å². The molecule has 0 saturated heterocycles. The van der Waals surface area contributed by atoms with E-state index in [-0.39, 0.29) is 24.2 Å². The maximum Gasteiger partial charge on any atom is 0.231 e. The SMILES string of the molecule is COc1cccc(F)c1OCc1ccc(CCCC#N)c(NC(=O)C(C)c2cccc3ccccc23)c1. The highest BCUT2D eigenvalue weighted by atomic mass is 19.1. The summed E-state index contributed by atoms with van der Waals surface area (Å²) in [6.45, 7) is 1.99. The number of amides is 1. The third-order valence-corrected chi connectivity index (χ3v) is 6.38. The summed E-state index contributed by atoms with van der Waals surface area (Å²) >= 11 is 0. The summed E-state index contributed by atoms with van der Waals surface area (Å²) in [5, 5.41) is 14.2. The molecule has 4 aromatic rings. The molecular weight excluding hydrogens is 467 g/mol. The normalized spacial score (nSPS) is 11.5. The highest BCUT2D eigenvalue weighted by Gasteiger charge is 2.19. The van der Waals surface area contributed by atoms with E-state index in [2.05, 4.69) is 11.4 Å². The first-order chi connectivity index (χ1) is 18.0. The molecule has 0 fully saturated rings. The quantitative estimate of drug-likeness (QED) is 0.237. The molecule has 0 spiro atoms. The Balaban J connectivity index is 1.58. The van der Waals surface area contributed by atoms with Crippen LogP contribution >= 0.6 is 0 Å². The van der Waals surface area contributed by atoms with E-state index >= 15 is 0 Å². The molecule has 0 aliphatic rings. The third-order valence-electron chi connectivity index (χ3n) is 6.38. The summed E-state index contributed by atoms with van der Waals surface area (Å²) < 4.78 is 25.3. The molecule has 0 heterocycles. The molecule has 4 aromatic carbocycles. The average molecular weight is 497 g/mol. The lowest BCUT2D eigenvalue weighted by molar-refractivity contribution is -0.117. The Morgan fingerprint density at radius 3 is 2.65 bits per heavy atom. The standard InChI is InChI=1S/C31H29FN2O3/c1-21(25-13-7-11-23-9-3-4-12-26(23)25)31(35)34-28-19-22(16-17-24(28)10-5-6-18-33)20-37-30-27(32)14-8-15-29(30)36-2/h3-4,7-9,11-17,19,21H,5-6,10,20H2,1-2H3,(H,34,35). The summed E-state index contributed by atoms with van der Waals surface area (Å²) in [7, 11) is 1.46. The van der Waals surface area contributed by atoms with Gasteiger partial charge in [0.25, 0.3) is 0 Å². The first-order valence-corrected chi connectivity index (χ1v) is 12.2. The summed E-state index contributed by atoms with van der Waals surface area (Å²) in [5.74, 6) is -0.680. The fourth-order valence-electron chi connectivity index (χ4n) is 4.36. The van der Waals surface area contributed by atoms with Crippen LogP contribution in [0.4, 0.5) is 10.1 Å². The summed E-state index contributed by atoms with van der Waals surface area (Å²) in [6, 6.07) is 26.3. The number of anilines is 1. The van der Waals surface area contributed by atoms with Gasteiger partial charge in [-0.3, -0.25) is 4.79 Å². The number of rotatable bonds is 10. The molecule has 0 bridgehead atoms. The molecule has 1 amide bonds. The lowest BCUT2D eigenvalue weighted by Crippen LogP contribution is -2.20. The van der Waals surface area contributed by atoms with Crippen molar-refractivity contribution in [3.05, 3.63) is 101 Å². The first kappa shape index (κ1) is 25.7. The Bertz CT molecular complexity index is 1440. The molecule has 5 nitrogen and oxygen atoms in total. The zero-order valence-electron chi connectivity index (χ0n) is 21.0. The molecule has 1 unspecified atom stereocenters. The van der Waals surface area contributed by atoms with E-state index in [0.717, 1.165) is 27.5 Å². The lowest BCUT2D eigenvalue weighted by atomic mass is 9.94. The number of ether oxygens (including phenoxy) is 2. The number of hydrogen-bond acceptors (Lipinski definition) is 4. The number of nitriles is 1. The summed E-state index contributed by atoms with van der Waals surface area (Å²) in [4.78, 5) is 13.4. The number of hydrogen-bond donors (Lipinski definition) is 1. The number of para-hydroxylation sites is 1. The molecule has 37 heavy (non-hydrogen) atoms. The Hall–Kier alpha value is -4.37. The summed E-state index contributed by atoms with van der Waals surface area (Å²) in [6.07, 6.45) is 1.76. The molecule has 188 valence electrons. The van der Waals surface area contributed by atoms with Crippen molar-refractivity contribution in [3.63, 3.8) is 0 Å². The number of fused-ring (bicyclic) bond motifs is 1. The number of nitrogens with zero attached hydrogens (tertiary/aromatic N) is 1. The number of halogens is 1. The molecule has 0 radical (unpaired) electrons. The molecule has 0 saturated carbocycles. The number of benzene rings is 4. The van der Waals surface area contributed by atoms with Crippen molar-refractivity contribution < 1.29 is 18.7 Å². The van der Waals surface area contributed by atoms with Gasteiger partial charge in [0.1, 0.15) is 6.61 Å². The minimum Gasteiger partial charge on any atom is -0.493 e. The lowest BCUT2D eigenvalue weighted by Gasteiger charge is -2.18. The van der Waals surface area contributed by atoms with E-state index < -0.39 is 5.82 Å². The fourth-order valence-corrected chi connectivity index (χ4v) is 4.36. The first-order valence-electron chi connectivity index (χ1n) is 12.2. The van der Waals surface area contributed by atoms with Crippen LogP contribution in [0.5, 0.6) is 11.5 Å².